The predicted octanol–water partition coefficient (Wildman–Crippen LogP) is 4.09. The number of rotatable bonds is 8. The number of amides is 1. The SMILES string of the molecule is CCCCN([C@H]1C[C@H](C#N)N(C(=O)OCc2ccccc2)C1)S(=O)(=O)c1ccc(C)cc1. The quantitative estimate of drug-likeness (QED) is 0.598. The van der Waals surface area contributed by atoms with E-state index in [1.807, 2.05) is 44.2 Å². The molecule has 2 atom stereocenters. The Morgan fingerprint density at radius 1 is 1.19 bits per heavy atom. The van der Waals surface area contributed by atoms with E-state index in [4.69, 9.17) is 4.74 Å². The van der Waals surface area contributed by atoms with Gasteiger partial charge in [-0.15, -0.1) is 0 Å². The van der Waals surface area contributed by atoms with Crippen LogP contribution in [-0.4, -0.2) is 48.9 Å². The Morgan fingerprint density at radius 3 is 2.50 bits per heavy atom. The molecule has 0 radical (unpaired) electrons. The van der Waals surface area contributed by atoms with Gasteiger partial charge in [0, 0.05) is 19.1 Å². The lowest BCUT2D eigenvalue weighted by atomic mass is 10.2. The van der Waals surface area contributed by atoms with Crippen LogP contribution in [0.25, 0.3) is 0 Å². The first-order chi connectivity index (χ1) is 15.4. The highest BCUT2D eigenvalue weighted by atomic mass is 32.2. The number of hydrogen-bond acceptors (Lipinski definition) is 5. The fourth-order valence-corrected chi connectivity index (χ4v) is 5.47. The number of aryl methyl sites for hydroxylation is 1. The molecule has 1 saturated heterocycles. The number of nitrogens with zero attached hydrogens (tertiary/aromatic N) is 3. The molecule has 7 nitrogen and oxygen atoms in total. The Hall–Kier alpha value is -2.89. The molecule has 0 spiro atoms. The molecule has 1 aliphatic rings. The molecule has 32 heavy (non-hydrogen) atoms. The zero-order chi connectivity index (χ0) is 23.1. The van der Waals surface area contributed by atoms with E-state index in [0.717, 1.165) is 17.5 Å². The van der Waals surface area contributed by atoms with Crippen molar-refractivity contribution in [2.75, 3.05) is 13.1 Å². The molecule has 1 fully saturated rings. The second kappa shape index (κ2) is 10.6. The predicted molar refractivity (Wildman–Crippen MR) is 121 cm³/mol. The summed E-state index contributed by atoms with van der Waals surface area (Å²) < 4.78 is 33.7. The van der Waals surface area contributed by atoms with Crippen molar-refractivity contribution in [2.45, 2.75) is 56.7 Å². The highest BCUT2D eigenvalue weighted by Crippen LogP contribution is 2.28. The van der Waals surface area contributed by atoms with E-state index in [-0.39, 0.29) is 24.5 Å². The topological polar surface area (TPSA) is 90.7 Å². The van der Waals surface area contributed by atoms with Gasteiger partial charge in [-0.05, 0) is 37.5 Å². The fourth-order valence-electron chi connectivity index (χ4n) is 3.81. The lowest BCUT2D eigenvalue weighted by Gasteiger charge is -2.28. The molecule has 2 aromatic carbocycles. The summed E-state index contributed by atoms with van der Waals surface area (Å²) in [6, 6.07) is 16.9. The third-order valence-corrected chi connectivity index (χ3v) is 7.60. The normalized spacial score (nSPS) is 18.5. The van der Waals surface area contributed by atoms with Crippen LogP contribution in [0.2, 0.25) is 0 Å². The van der Waals surface area contributed by atoms with E-state index >= 15 is 0 Å². The molecule has 1 heterocycles. The van der Waals surface area contributed by atoms with Crippen LogP contribution in [-0.2, 0) is 21.4 Å². The van der Waals surface area contributed by atoms with Crippen LogP contribution in [0, 0.1) is 18.3 Å². The first-order valence-corrected chi connectivity index (χ1v) is 12.3. The summed E-state index contributed by atoms with van der Waals surface area (Å²) in [6.07, 6.45) is 1.17. The fraction of sp³-hybridized carbons (Fsp3) is 0.417. The minimum atomic E-state index is -3.76. The van der Waals surface area contributed by atoms with Gasteiger partial charge in [0.25, 0.3) is 0 Å². The Balaban J connectivity index is 1.78. The highest BCUT2D eigenvalue weighted by molar-refractivity contribution is 7.89. The molecule has 3 rings (SSSR count). The number of carbonyl (C=O) groups is 1. The molecule has 170 valence electrons. The van der Waals surface area contributed by atoms with Gasteiger partial charge >= 0.3 is 6.09 Å². The van der Waals surface area contributed by atoms with Gasteiger partial charge in [0.2, 0.25) is 10.0 Å². The smallest absolute Gasteiger partial charge is 0.411 e. The van der Waals surface area contributed by atoms with Crippen molar-refractivity contribution in [2.24, 2.45) is 0 Å². The number of nitriles is 1. The lowest BCUT2D eigenvalue weighted by molar-refractivity contribution is 0.0966. The monoisotopic (exact) mass is 455 g/mol. The van der Waals surface area contributed by atoms with E-state index in [0.29, 0.717) is 13.0 Å². The summed E-state index contributed by atoms with van der Waals surface area (Å²) in [4.78, 5) is 14.3. The molecule has 1 aliphatic heterocycles. The van der Waals surface area contributed by atoms with Crippen molar-refractivity contribution in [3.63, 3.8) is 0 Å². The van der Waals surface area contributed by atoms with Crippen molar-refractivity contribution in [3.05, 3.63) is 65.7 Å². The minimum absolute atomic E-state index is 0.0974. The van der Waals surface area contributed by atoms with Crippen LogP contribution < -0.4 is 0 Å². The zero-order valence-electron chi connectivity index (χ0n) is 18.5. The number of benzene rings is 2. The van der Waals surface area contributed by atoms with Gasteiger partial charge in [-0.25, -0.2) is 13.2 Å². The standard InChI is InChI=1S/C24H29N3O4S/c1-3-4-14-27(32(29,30)23-12-10-19(2)11-13-23)22-15-21(16-25)26(17-22)24(28)31-18-20-8-6-5-7-9-20/h5-13,21-22H,3-4,14-15,17-18H2,1-2H3/t21-,22+/m1/s1. The molecule has 0 aliphatic carbocycles. The number of unbranched alkanes of at least 4 members (excludes halogenated alkanes) is 1. The van der Waals surface area contributed by atoms with Gasteiger partial charge in [0.1, 0.15) is 12.6 Å². The van der Waals surface area contributed by atoms with E-state index in [2.05, 4.69) is 6.07 Å². The van der Waals surface area contributed by atoms with Crippen LogP contribution in [0.5, 0.6) is 0 Å². The number of carbonyl (C=O) groups excluding carboxylic acids is 1. The summed E-state index contributed by atoms with van der Waals surface area (Å²) in [5.41, 5.74) is 1.82. The van der Waals surface area contributed by atoms with Gasteiger partial charge < -0.3 is 4.74 Å². The number of ether oxygens (including phenoxy) is 1. The summed E-state index contributed by atoms with van der Waals surface area (Å²) in [5.74, 6) is 0. The van der Waals surface area contributed by atoms with Gasteiger partial charge in [-0.3, -0.25) is 4.90 Å². The van der Waals surface area contributed by atoms with Gasteiger partial charge in [0.05, 0.1) is 11.0 Å². The molecule has 0 saturated carbocycles. The third-order valence-electron chi connectivity index (χ3n) is 5.63. The molecule has 0 aromatic heterocycles. The third kappa shape index (κ3) is 5.47. The Morgan fingerprint density at radius 2 is 1.88 bits per heavy atom. The van der Waals surface area contributed by atoms with E-state index in [9.17, 15) is 18.5 Å². The molecular formula is C24H29N3O4S. The maximum Gasteiger partial charge on any atom is 0.411 e. The van der Waals surface area contributed by atoms with Crippen LogP contribution in [0.3, 0.4) is 0 Å². The Kier molecular flexibility index (Phi) is 7.89. The molecular weight excluding hydrogens is 426 g/mol. The van der Waals surface area contributed by atoms with Gasteiger partial charge in [0.15, 0.2) is 0 Å². The molecule has 0 N–H and O–H groups in total. The van der Waals surface area contributed by atoms with Crippen LogP contribution >= 0.6 is 0 Å². The van der Waals surface area contributed by atoms with Gasteiger partial charge in [-0.2, -0.15) is 9.57 Å². The van der Waals surface area contributed by atoms with E-state index in [1.165, 1.54) is 9.21 Å². The second-order valence-electron chi connectivity index (χ2n) is 8.01. The molecule has 0 unspecified atom stereocenters. The summed E-state index contributed by atoms with van der Waals surface area (Å²) in [5, 5.41) is 9.63. The second-order valence-corrected chi connectivity index (χ2v) is 9.90. The minimum Gasteiger partial charge on any atom is -0.445 e. The first kappa shape index (κ1) is 23.8. The number of sulfonamides is 1. The average Bonchev–Trinajstić information content (AvgIpc) is 3.22. The van der Waals surface area contributed by atoms with Crippen molar-refractivity contribution in [1.82, 2.24) is 9.21 Å². The molecule has 0 bridgehead atoms. The zero-order valence-corrected chi connectivity index (χ0v) is 19.3. The van der Waals surface area contributed by atoms with Crippen molar-refractivity contribution < 1.29 is 17.9 Å². The average molecular weight is 456 g/mol. The maximum atomic E-state index is 13.4. The van der Waals surface area contributed by atoms with Crippen molar-refractivity contribution in [3.8, 4) is 6.07 Å². The highest BCUT2D eigenvalue weighted by Gasteiger charge is 2.42. The molecule has 8 heteroatoms. The first-order valence-electron chi connectivity index (χ1n) is 10.8. The van der Waals surface area contributed by atoms with Gasteiger partial charge in [-0.1, -0.05) is 61.4 Å². The number of hydrogen-bond donors (Lipinski definition) is 0. The summed E-state index contributed by atoms with van der Waals surface area (Å²) >= 11 is 0. The molecule has 1 amide bonds. The Labute approximate surface area is 190 Å². The largest absolute Gasteiger partial charge is 0.445 e. The summed E-state index contributed by atoms with van der Waals surface area (Å²) in [6.45, 7) is 4.46. The van der Waals surface area contributed by atoms with Crippen LogP contribution in [0.1, 0.15) is 37.3 Å². The summed E-state index contributed by atoms with van der Waals surface area (Å²) in [7, 11) is -3.76. The van der Waals surface area contributed by atoms with Crippen LogP contribution in [0.15, 0.2) is 59.5 Å². The number of likely N-dealkylation sites (tertiary alicyclic amines) is 1. The van der Waals surface area contributed by atoms with E-state index < -0.39 is 28.2 Å². The van der Waals surface area contributed by atoms with Crippen molar-refractivity contribution >= 4 is 16.1 Å². The van der Waals surface area contributed by atoms with Crippen LogP contribution in [0.4, 0.5) is 4.79 Å². The van der Waals surface area contributed by atoms with Crippen molar-refractivity contribution in [1.29, 1.82) is 5.26 Å². The Bertz CT molecular complexity index is 1050. The van der Waals surface area contributed by atoms with E-state index in [1.54, 1.807) is 24.3 Å². The lowest BCUT2D eigenvalue weighted by Crippen LogP contribution is -2.43. The maximum absolute atomic E-state index is 13.4. The molecule has 2 aromatic rings.